The molecular formula is C16H13BrN2O. The number of benzene rings is 1. The van der Waals surface area contributed by atoms with Crippen LogP contribution in [0.1, 0.15) is 23.6 Å². The lowest BCUT2D eigenvalue weighted by molar-refractivity contribution is -0.119. The van der Waals surface area contributed by atoms with Gasteiger partial charge in [-0.25, -0.2) is 0 Å². The first-order chi connectivity index (χ1) is 9.72. The molecule has 4 heteroatoms. The zero-order valence-electron chi connectivity index (χ0n) is 10.7. The number of fused-ring (bicyclic) bond motifs is 5. The molecule has 0 saturated heterocycles. The minimum absolute atomic E-state index is 0.0659. The lowest BCUT2D eigenvalue weighted by Crippen LogP contribution is -2.25. The minimum Gasteiger partial charge on any atom is -0.358 e. The van der Waals surface area contributed by atoms with Crippen LogP contribution < -0.4 is 5.32 Å². The molecule has 0 radical (unpaired) electrons. The summed E-state index contributed by atoms with van der Waals surface area (Å²) in [6.07, 6.45) is 7.52. The Morgan fingerprint density at radius 1 is 1.30 bits per heavy atom. The average molecular weight is 329 g/mol. The summed E-state index contributed by atoms with van der Waals surface area (Å²) in [6.45, 7) is 0. The maximum atomic E-state index is 12.1. The fourth-order valence-electron chi connectivity index (χ4n) is 3.13. The van der Waals surface area contributed by atoms with Gasteiger partial charge in [0.15, 0.2) is 0 Å². The molecule has 0 spiro atoms. The molecule has 20 heavy (non-hydrogen) atoms. The zero-order valence-corrected chi connectivity index (χ0v) is 12.3. The summed E-state index contributed by atoms with van der Waals surface area (Å²) >= 11 is 3.51. The summed E-state index contributed by atoms with van der Waals surface area (Å²) in [7, 11) is 0. The smallest absolute Gasteiger partial charge is 0.228 e. The second-order valence-corrected chi connectivity index (χ2v) is 6.19. The van der Waals surface area contributed by atoms with Crippen molar-refractivity contribution in [3.05, 3.63) is 57.9 Å². The summed E-state index contributed by atoms with van der Waals surface area (Å²) in [6, 6.07) is 6.18. The van der Waals surface area contributed by atoms with Crippen LogP contribution in [0.15, 0.2) is 46.6 Å². The lowest BCUT2D eigenvalue weighted by atomic mass is 9.91. The molecular weight excluding hydrogens is 316 g/mol. The van der Waals surface area contributed by atoms with Gasteiger partial charge in [-0.1, -0.05) is 28.1 Å². The molecule has 2 heterocycles. The molecule has 4 rings (SSSR count). The Labute approximate surface area is 124 Å². The van der Waals surface area contributed by atoms with Crippen LogP contribution in [-0.2, 0) is 11.2 Å². The number of rotatable bonds is 0. The Hall–Kier alpha value is -1.81. The summed E-state index contributed by atoms with van der Waals surface area (Å²) in [5.74, 6) is 0.295. The number of carbonyl (C=O) groups excluding carboxylic acids is 1. The minimum atomic E-state index is 0.0659. The van der Waals surface area contributed by atoms with Gasteiger partial charge in [0.2, 0.25) is 5.91 Å². The molecule has 2 aliphatic rings. The van der Waals surface area contributed by atoms with Crippen LogP contribution in [0.2, 0.25) is 0 Å². The third kappa shape index (κ3) is 1.75. The Kier molecular flexibility index (Phi) is 2.60. The molecule has 2 aromatic rings. The van der Waals surface area contributed by atoms with Crippen LogP contribution in [0.5, 0.6) is 0 Å². The van der Waals surface area contributed by atoms with E-state index in [0.717, 1.165) is 33.1 Å². The molecule has 1 aromatic heterocycles. The van der Waals surface area contributed by atoms with Crippen molar-refractivity contribution in [3.8, 4) is 0 Å². The highest BCUT2D eigenvalue weighted by Gasteiger charge is 2.29. The van der Waals surface area contributed by atoms with Crippen LogP contribution in [-0.4, -0.2) is 10.9 Å². The van der Waals surface area contributed by atoms with E-state index in [-0.39, 0.29) is 11.8 Å². The van der Waals surface area contributed by atoms with E-state index < -0.39 is 0 Å². The number of amides is 1. The number of H-pyrrole nitrogens is 1. The predicted octanol–water partition coefficient (Wildman–Crippen LogP) is 3.53. The van der Waals surface area contributed by atoms with Crippen molar-refractivity contribution in [1.82, 2.24) is 10.3 Å². The molecule has 0 saturated carbocycles. The number of hydrogen-bond donors (Lipinski definition) is 2. The van der Waals surface area contributed by atoms with Crippen LogP contribution in [0, 0.1) is 0 Å². The van der Waals surface area contributed by atoms with Gasteiger partial charge in [0, 0.05) is 32.7 Å². The van der Waals surface area contributed by atoms with E-state index in [4.69, 9.17) is 0 Å². The molecule has 100 valence electrons. The maximum Gasteiger partial charge on any atom is 0.228 e. The number of carbonyl (C=O) groups is 1. The standard InChI is InChI=1S/C16H13BrN2O/c17-9-5-6-14-11(7-9)12-8-15(20)18-13-4-2-1-3-10(13)16(12)19-14/h1-2,4-7,10,19H,3,8H2,(H,18,20). The normalized spacial score (nSPS) is 20.9. The van der Waals surface area contributed by atoms with Crippen molar-refractivity contribution in [2.24, 2.45) is 0 Å². The second-order valence-electron chi connectivity index (χ2n) is 5.27. The first-order valence-corrected chi connectivity index (χ1v) is 7.48. The molecule has 1 unspecified atom stereocenters. The van der Waals surface area contributed by atoms with Gasteiger partial charge in [0.1, 0.15) is 0 Å². The van der Waals surface area contributed by atoms with E-state index >= 15 is 0 Å². The highest BCUT2D eigenvalue weighted by molar-refractivity contribution is 9.10. The molecule has 1 aliphatic carbocycles. The van der Waals surface area contributed by atoms with Crippen molar-refractivity contribution in [2.45, 2.75) is 18.8 Å². The van der Waals surface area contributed by atoms with Gasteiger partial charge in [0.05, 0.1) is 6.42 Å². The van der Waals surface area contributed by atoms with Crippen LogP contribution >= 0.6 is 15.9 Å². The largest absolute Gasteiger partial charge is 0.358 e. The fourth-order valence-corrected chi connectivity index (χ4v) is 3.49. The third-order valence-electron chi connectivity index (χ3n) is 4.03. The number of aromatic nitrogens is 1. The quantitative estimate of drug-likeness (QED) is 0.763. The number of allylic oxidation sites excluding steroid dienone is 4. The second kappa shape index (κ2) is 4.35. The summed E-state index contributed by atoms with van der Waals surface area (Å²) in [5, 5.41) is 4.17. The van der Waals surface area contributed by atoms with E-state index in [1.807, 2.05) is 18.2 Å². The number of halogens is 1. The number of hydrogen-bond acceptors (Lipinski definition) is 1. The zero-order chi connectivity index (χ0) is 13.7. The van der Waals surface area contributed by atoms with Gasteiger partial charge in [-0.3, -0.25) is 4.79 Å². The predicted molar refractivity (Wildman–Crippen MR) is 82.4 cm³/mol. The van der Waals surface area contributed by atoms with Gasteiger partial charge in [-0.15, -0.1) is 0 Å². The maximum absolute atomic E-state index is 12.1. The van der Waals surface area contributed by atoms with Crippen LogP contribution in [0.25, 0.3) is 10.9 Å². The Balaban J connectivity index is 1.99. The molecule has 1 aliphatic heterocycles. The van der Waals surface area contributed by atoms with E-state index in [1.165, 1.54) is 5.69 Å². The van der Waals surface area contributed by atoms with E-state index in [2.05, 4.69) is 44.4 Å². The van der Waals surface area contributed by atoms with E-state index in [1.54, 1.807) is 0 Å². The SMILES string of the molecule is O=C1Cc2c([nH]c3ccc(Br)cc23)C2CC=CC=C2N1. The molecule has 1 aromatic carbocycles. The van der Waals surface area contributed by atoms with Gasteiger partial charge >= 0.3 is 0 Å². The molecule has 0 bridgehead atoms. The van der Waals surface area contributed by atoms with E-state index in [9.17, 15) is 4.79 Å². The number of nitrogens with one attached hydrogen (secondary N) is 2. The summed E-state index contributed by atoms with van der Waals surface area (Å²) in [4.78, 5) is 15.6. The topological polar surface area (TPSA) is 44.9 Å². The molecule has 1 amide bonds. The van der Waals surface area contributed by atoms with Crippen molar-refractivity contribution in [2.75, 3.05) is 0 Å². The van der Waals surface area contributed by atoms with Gasteiger partial charge in [0.25, 0.3) is 0 Å². The highest BCUT2D eigenvalue weighted by Crippen LogP contribution is 2.37. The molecule has 1 atom stereocenters. The van der Waals surface area contributed by atoms with Gasteiger partial charge in [-0.05, 0) is 36.3 Å². The molecule has 2 N–H and O–H groups in total. The average Bonchev–Trinajstić information content (AvgIpc) is 2.70. The van der Waals surface area contributed by atoms with Gasteiger partial charge in [-0.2, -0.15) is 0 Å². The monoisotopic (exact) mass is 328 g/mol. The summed E-state index contributed by atoms with van der Waals surface area (Å²) in [5.41, 5.74) is 4.40. The Bertz CT molecular complexity index is 785. The fraction of sp³-hybridized carbons (Fsp3) is 0.188. The molecule has 0 fully saturated rings. The lowest BCUT2D eigenvalue weighted by Gasteiger charge is -2.19. The Morgan fingerprint density at radius 3 is 3.10 bits per heavy atom. The van der Waals surface area contributed by atoms with Gasteiger partial charge < -0.3 is 10.3 Å². The first-order valence-electron chi connectivity index (χ1n) is 6.69. The van der Waals surface area contributed by atoms with E-state index in [0.29, 0.717) is 6.42 Å². The first kappa shape index (κ1) is 12.0. The van der Waals surface area contributed by atoms with Crippen molar-refractivity contribution in [3.63, 3.8) is 0 Å². The highest BCUT2D eigenvalue weighted by atomic mass is 79.9. The van der Waals surface area contributed by atoms with Crippen molar-refractivity contribution >= 4 is 32.7 Å². The number of aromatic amines is 1. The molecule has 3 nitrogen and oxygen atoms in total. The third-order valence-corrected chi connectivity index (χ3v) is 4.52. The Morgan fingerprint density at radius 2 is 2.20 bits per heavy atom. The summed E-state index contributed by atoms with van der Waals surface area (Å²) < 4.78 is 1.04. The van der Waals surface area contributed by atoms with Crippen LogP contribution in [0.3, 0.4) is 0 Å². The van der Waals surface area contributed by atoms with Crippen LogP contribution in [0.4, 0.5) is 0 Å². The van der Waals surface area contributed by atoms with Crippen molar-refractivity contribution in [1.29, 1.82) is 0 Å². The van der Waals surface area contributed by atoms with Crippen molar-refractivity contribution < 1.29 is 4.79 Å².